The Morgan fingerprint density at radius 2 is 2.07 bits per heavy atom. The highest BCUT2D eigenvalue weighted by molar-refractivity contribution is 7.16. The van der Waals surface area contributed by atoms with E-state index in [0.29, 0.717) is 36.1 Å². The summed E-state index contributed by atoms with van der Waals surface area (Å²) in [5.74, 6) is 1.57. The van der Waals surface area contributed by atoms with Crippen LogP contribution in [0.4, 0.5) is 0 Å². The van der Waals surface area contributed by atoms with Gasteiger partial charge in [0.15, 0.2) is 16.3 Å². The Labute approximate surface area is 172 Å². The van der Waals surface area contributed by atoms with Crippen molar-refractivity contribution in [1.29, 1.82) is 0 Å². The molecule has 0 saturated heterocycles. The van der Waals surface area contributed by atoms with Gasteiger partial charge in [0.1, 0.15) is 17.9 Å². The van der Waals surface area contributed by atoms with Gasteiger partial charge in [0.05, 0.1) is 17.9 Å². The SMILES string of the molecule is CCOc1cccc2sc(=NC(=O)[C@H]3COc4ccccc4O3)n(CCOC)c12. The van der Waals surface area contributed by atoms with Crippen LogP contribution < -0.4 is 19.0 Å². The van der Waals surface area contributed by atoms with Gasteiger partial charge in [-0.2, -0.15) is 4.99 Å². The second-order valence-corrected chi connectivity index (χ2v) is 7.39. The summed E-state index contributed by atoms with van der Waals surface area (Å²) in [6.07, 6.45) is -0.780. The molecule has 1 aromatic heterocycles. The van der Waals surface area contributed by atoms with Crippen LogP contribution in [-0.4, -0.2) is 43.5 Å². The predicted octanol–water partition coefficient (Wildman–Crippen LogP) is 3.02. The minimum absolute atomic E-state index is 0.131. The Bertz CT molecular complexity index is 1090. The molecule has 1 aliphatic heterocycles. The standard InChI is InChI=1S/C21H22N2O5S/c1-3-26-16-9-6-10-18-19(16)23(11-12-25-2)21(29-18)22-20(24)17-13-27-14-7-4-5-8-15(14)28-17/h4-10,17H,3,11-13H2,1-2H3/t17-/m1/s1. The largest absolute Gasteiger partial charge is 0.492 e. The fourth-order valence-corrected chi connectivity index (χ4v) is 4.23. The summed E-state index contributed by atoms with van der Waals surface area (Å²) >= 11 is 1.44. The van der Waals surface area contributed by atoms with Crippen LogP contribution in [-0.2, 0) is 16.1 Å². The van der Waals surface area contributed by atoms with Crippen molar-refractivity contribution in [3.05, 3.63) is 47.3 Å². The van der Waals surface area contributed by atoms with E-state index in [2.05, 4.69) is 4.99 Å². The number of carbonyl (C=O) groups is 1. The third-order valence-corrected chi connectivity index (χ3v) is 5.52. The van der Waals surface area contributed by atoms with Crippen molar-refractivity contribution in [2.24, 2.45) is 4.99 Å². The first kappa shape index (κ1) is 19.5. The number of carbonyl (C=O) groups excluding carboxylic acids is 1. The Balaban J connectivity index is 1.71. The number of thiazole rings is 1. The summed E-state index contributed by atoms with van der Waals surface area (Å²) in [6.45, 7) is 3.67. The number of hydrogen-bond donors (Lipinski definition) is 0. The van der Waals surface area contributed by atoms with Crippen molar-refractivity contribution in [2.45, 2.75) is 19.6 Å². The summed E-state index contributed by atoms with van der Waals surface area (Å²) in [5, 5.41) is 0. The third kappa shape index (κ3) is 3.99. The van der Waals surface area contributed by atoms with Gasteiger partial charge >= 0.3 is 0 Å². The fourth-order valence-electron chi connectivity index (χ4n) is 3.15. The molecule has 1 aliphatic rings. The van der Waals surface area contributed by atoms with E-state index in [4.69, 9.17) is 18.9 Å². The van der Waals surface area contributed by atoms with E-state index in [1.54, 1.807) is 13.2 Å². The first-order chi connectivity index (χ1) is 14.2. The van der Waals surface area contributed by atoms with Crippen LogP contribution in [0.2, 0.25) is 0 Å². The van der Waals surface area contributed by atoms with Crippen LogP contribution in [0, 0.1) is 0 Å². The number of hydrogen-bond acceptors (Lipinski definition) is 6. The van der Waals surface area contributed by atoms with Crippen LogP contribution in [0.15, 0.2) is 47.5 Å². The molecule has 0 N–H and O–H groups in total. The lowest BCUT2D eigenvalue weighted by Gasteiger charge is -2.23. The van der Waals surface area contributed by atoms with E-state index in [1.807, 2.05) is 47.9 Å². The number of methoxy groups -OCH3 is 1. The van der Waals surface area contributed by atoms with Gasteiger partial charge < -0.3 is 23.5 Å². The van der Waals surface area contributed by atoms with Gasteiger partial charge in [-0.1, -0.05) is 29.5 Å². The maximum Gasteiger partial charge on any atom is 0.292 e. The van der Waals surface area contributed by atoms with Crippen molar-refractivity contribution >= 4 is 27.5 Å². The van der Waals surface area contributed by atoms with Crippen LogP contribution >= 0.6 is 11.3 Å². The zero-order valence-corrected chi connectivity index (χ0v) is 17.1. The summed E-state index contributed by atoms with van der Waals surface area (Å²) in [7, 11) is 1.64. The van der Waals surface area contributed by atoms with Crippen LogP contribution in [0.3, 0.4) is 0 Å². The molecule has 29 heavy (non-hydrogen) atoms. The summed E-state index contributed by atoms with van der Waals surface area (Å²) in [6, 6.07) is 13.1. The van der Waals surface area contributed by atoms with E-state index < -0.39 is 6.10 Å². The summed E-state index contributed by atoms with van der Waals surface area (Å²) in [4.78, 5) is 17.8. The van der Waals surface area contributed by atoms with Crippen LogP contribution in [0.5, 0.6) is 17.2 Å². The molecular weight excluding hydrogens is 392 g/mol. The normalized spacial score (nSPS) is 16.2. The van der Waals surface area contributed by atoms with Gasteiger partial charge in [-0.15, -0.1) is 0 Å². The lowest BCUT2D eigenvalue weighted by Crippen LogP contribution is -2.37. The number of nitrogens with zero attached hydrogens (tertiary/aromatic N) is 2. The average molecular weight is 414 g/mol. The number of aromatic nitrogens is 1. The summed E-state index contributed by atoms with van der Waals surface area (Å²) < 4.78 is 25.4. The highest BCUT2D eigenvalue weighted by Gasteiger charge is 2.27. The predicted molar refractivity (Wildman–Crippen MR) is 110 cm³/mol. The molecule has 2 heterocycles. The van der Waals surface area contributed by atoms with Gasteiger partial charge in [0.2, 0.25) is 6.10 Å². The van der Waals surface area contributed by atoms with Crippen molar-refractivity contribution in [3.8, 4) is 17.2 Å². The van der Waals surface area contributed by atoms with E-state index in [-0.39, 0.29) is 12.5 Å². The number of fused-ring (bicyclic) bond motifs is 2. The topological polar surface area (TPSA) is 71.3 Å². The van der Waals surface area contributed by atoms with E-state index >= 15 is 0 Å². The number of para-hydroxylation sites is 3. The Morgan fingerprint density at radius 1 is 1.24 bits per heavy atom. The van der Waals surface area contributed by atoms with Crippen LogP contribution in [0.25, 0.3) is 10.2 Å². The second kappa shape index (κ2) is 8.67. The van der Waals surface area contributed by atoms with Crippen molar-refractivity contribution < 1.29 is 23.7 Å². The zero-order chi connectivity index (χ0) is 20.2. The molecule has 4 rings (SSSR count). The lowest BCUT2D eigenvalue weighted by molar-refractivity contribution is -0.127. The van der Waals surface area contributed by atoms with Gasteiger partial charge in [-0.25, -0.2) is 0 Å². The molecule has 0 aliphatic carbocycles. The maximum absolute atomic E-state index is 12.8. The minimum atomic E-state index is -0.780. The molecule has 1 atom stereocenters. The molecule has 3 aromatic rings. The maximum atomic E-state index is 12.8. The Morgan fingerprint density at radius 3 is 2.86 bits per heavy atom. The molecule has 8 heteroatoms. The van der Waals surface area contributed by atoms with E-state index in [0.717, 1.165) is 16.0 Å². The van der Waals surface area contributed by atoms with Gasteiger partial charge in [0.25, 0.3) is 5.91 Å². The minimum Gasteiger partial charge on any atom is -0.492 e. The van der Waals surface area contributed by atoms with E-state index in [9.17, 15) is 4.79 Å². The fraction of sp³-hybridized carbons (Fsp3) is 0.333. The molecule has 0 bridgehead atoms. The second-order valence-electron chi connectivity index (χ2n) is 6.38. The van der Waals surface area contributed by atoms with Crippen molar-refractivity contribution in [2.75, 3.05) is 26.9 Å². The van der Waals surface area contributed by atoms with Gasteiger partial charge in [0, 0.05) is 13.7 Å². The Kier molecular flexibility index (Phi) is 5.82. The highest BCUT2D eigenvalue weighted by atomic mass is 32.1. The highest BCUT2D eigenvalue weighted by Crippen LogP contribution is 2.31. The molecular formula is C21H22N2O5S. The molecule has 2 aromatic carbocycles. The number of rotatable bonds is 6. The molecule has 7 nitrogen and oxygen atoms in total. The number of benzene rings is 2. The van der Waals surface area contributed by atoms with Crippen molar-refractivity contribution in [1.82, 2.24) is 4.57 Å². The lowest BCUT2D eigenvalue weighted by atomic mass is 10.2. The van der Waals surface area contributed by atoms with Gasteiger partial charge in [-0.05, 0) is 31.2 Å². The Hall–Kier alpha value is -2.84. The first-order valence-electron chi connectivity index (χ1n) is 9.42. The number of amides is 1. The monoisotopic (exact) mass is 414 g/mol. The molecule has 0 fully saturated rings. The summed E-state index contributed by atoms with van der Waals surface area (Å²) in [5.41, 5.74) is 0.911. The zero-order valence-electron chi connectivity index (χ0n) is 16.3. The van der Waals surface area contributed by atoms with Gasteiger partial charge in [-0.3, -0.25) is 4.79 Å². The molecule has 1 amide bonds. The first-order valence-corrected chi connectivity index (χ1v) is 10.2. The van der Waals surface area contributed by atoms with Crippen LogP contribution in [0.1, 0.15) is 6.92 Å². The molecule has 0 unspecified atom stereocenters. The van der Waals surface area contributed by atoms with E-state index in [1.165, 1.54) is 11.3 Å². The average Bonchev–Trinajstić information content (AvgIpc) is 3.10. The molecule has 152 valence electrons. The smallest absolute Gasteiger partial charge is 0.292 e. The third-order valence-electron chi connectivity index (χ3n) is 4.47. The molecule has 0 radical (unpaired) electrons. The molecule has 0 spiro atoms. The number of ether oxygens (including phenoxy) is 4. The van der Waals surface area contributed by atoms with Crippen molar-refractivity contribution in [3.63, 3.8) is 0 Å². The molecule has 0 saturated carbocycles. The quantitative estimate of drug-likeness (QED) is 0.620.